The molecule has 2 aromatic rings. The van der Waals surface area contributed by atoms with E-state index in [0.717, 1.165) is 5.56 Å². The molecule has 1 aromatic heterocycles. The molecule has 0 bridgehead atoms. The fourth-order valence-electron chi connectivity index (χ4n) is 2.74. The lowest BCUT2D eigenvalue weighted by molar-refractivity contribution is -0.134. The molecule has 0 saturated carbocycles. The minimum absolute atomic E-state index is 0.0237. The number of halogens is 1. The van der Waals surface area contributed by atoms with Crippen molar-refractivity contribution in [1.82, 2.24) is 25.3 Å². The summed E-state index contributed by atoms with van der Waals surface area (Å²) in [6.07, 6.45) is 0. The molecule has 0 spiro atoms. The molecule has 27 heavy (non-hydrogen) atoms. The first kappa shape index (κ1) is 19.3. The highest BCUT2D eigenvalue weighted by atomic mass is 35.5. The van der Waals surface area contributed by atoms with Crippen molar-refractivity contribution in [3.63, 3.8) is 0 Å². The number of carbonyl (C=O) groups is 2. The molecule has 0 aliphatic carbocycles. The van der Waals surface area contributed by atoms with E-state index in [-0.39, 0.29) is 24.9 Å². The van der Waals surface area contributed by atoms with Crippen molar-refractivity contribution in [3.8, 4) is 11.4 Å². The third-order valence-corrected chi connectivity index (χ3v) is 4.53. The molecule has 1 aromatic carbocycles. The van der Waals surface area contributed by atoms with Crippen LogP contribution in [-0.2, 0) is 16.1 Å². The van der Waals surface area contributed by atoms with E-state index in [1.807, 2.05) is 12.1 Å². The highest BCUT2D eigenvalue weighted by molar-refractivity contribution is 6.30. The smallest absolute Gasteiger partial charge is 0.242 e. The molecule has 2 amide bonds. The molecule has 144 valence electrons. The molecule has 9 nitrogen and oxygen atoms in total. The third kappa shape index (κ3) is 5.25. The second-order valence-electron chi connectivity index (χ2n) is 6.16. The number of aromatic nitrogens is 2. The van der Waals surface area contributed by atoms with Gasteiger partial charge in [0.25, 0.3) is 0 Å². The Labute approximate surface area is 161 Å². The van der Waals surface area contributed by atoms with E-state index in [4.69, 9.17) is 21.9 Å². The van der Waals surface area contributed by atoms with Gasteiger partial charge in [-0.25, -0.2) is 0 Å². The van der Waals surface area contributed by atoms with E-state index < -0.39 is 0 Å². The number of nitrogens with one attached hydrogen (secondary N) is 1. The average molecular weight is 393 g/mol. The molecule has 3 rings (SSSR count). The molecule has 0 atom stereocenters. The number of nitrogens with zero attached hydrogens (tertiary/aromatic N) is 4. The lowest BCUT2D eigenvalue weighted by Crippen LogP contribution is -2.51. The zero-order valence-corrected chi connectivity index (χ0v) is 15.5. The molecular formula is C17H21ClN6O3. The van der Waals surface area contributed by atoms with E-state index >= 15 is 0 Å². The van der Waals surface area contributed by atoms with E-state index in [9.17, 15) is 9.59 Å². The molecule has 0 radical (unpaired) electrons. The molecule has 10 heteroatoms. The normalized spacial score (nSPS) is 15.0. The van der Waals surface area contributed by atoms with Gasteiger partial charge in [0.1, 0.15) is 0 Å². The molecule has 1 fully saturated rings. The van der Waals surface area contributed by atoms with E-state index in [1.54, 1.807) is 17.0 Å². The maximum Gasteiger partial charge on any atom is 0.242 e. The summed E-state index contributed by atoms with van der Waals surface area (Å²) < 4.78 is 5.33. The topological polar surface area (TPSA) is 118 Å². The van der Waals surface area contributed by atoms with Gasteiger partial charge in [-0.3, -0.25) is 14.5 Å². The van der Waals surface area contributed by atoms with Crippen molar-refractivity contribution in [2.75, 3.05) is 39.3 Å². The van der Waals surface area contributed by atoms with Gasteiger partial charge < -0.3 is 20.5 Å². The number of amides is 2. The first-order valence-corrected chi connectivity index (χ1v) is 8.98. The van der Waals surface area contributed by atoms with Crippen LogP contribution in [-0.4, -0.2) is 71.0 Å². The Hall–Kier alpha value is -2.49. The minimum atomic E-state index is -0.338. The Bertz CT molecular complexity index is 786. The molecule has 0 unspecified atom stereocenters. The first-order valence-electron chi connectivity index (χ1n) is 8.60. The highest BCUT2D eigenvalue weighted by Gasteiger charge is 2.22. The minimum Gasteiger partial charge on any atom is -0.346 e. The standard InChI is InChI=1S/C17H21ClN6O3/c18-13-3-1-12(2-4-13)17-21-15(27-22-17)11-23-5-7-24(8-6-23)16(26)10-20-14(25)9-19/h1-4H,5-11,19H2,(H,20,25). The Morgan fingerprint density at radius 2 is 1.89 bits per heavy atom. The maximum absolute atomic E-state index is 12.1. The van der Waals surface area contributed by atoms with Crippen LogP contribution >= 0.6 is 11.6 Å². The summed E-state index contributed by atoms with van der Waals surface area (Å²) in [5.41, 5.74) is 6.04. The summed E-state index contributed by atoms with van der Waals surface area (Å²) in [5, 5.41) is 7.15. The molecule has 1 saturated heterocycles. The highest BCUT2D eigenvalue weighted by Crippen LogP contribution is 2.19. The predicted octanol–water partition coefficient (Wildman–Crippen LogP) is 0.109. The zero-order chi connectivity index (χ0) is 19.2. The van der Waals surface area contributed by atoms with Crippen LogP contribution < -0.4 is 11.1 Å². The van der Waals surface area contributed by atoms with Gasteiger partial charge >= 0.3 is 0 Å². The summed E-state index contributed by atoms with van der Waals surface area (Å²) in [7, 11) is 0. The van der Waals surface area contributed by atoms with E-state index in [1.165, 1.54) is 0 Å². The van der Waals surface area contributed by atoms with E-state index in [2.05, 4.69) is 20.4 Å². The number of piperazine rings is 1. The number of nitrogens with two attached hydrogens (primary N) is 1. The maximum atomic E-state index is 12.1. The van der Waals surface area contributed by atoms with Crippen molar-refractivity contribution in [1.29, 1.82) is 0 Å². The SMILES string of the molecule is NCC(=O)NCC(=O)N1CCN(Cc2nc(-c3ccc(Cl)cc3)no2)CC1. The fraction of sp³-hybridized carbons (Fsp3) is 0.412. The fourth-order valence-corrected chi connectivity index (χ4v) is 2.87. The van der Waals surface area contributed by atoms with Crippen molar-refractivity contribution in [2.45, 2.75) is 6.54 Å². The van der Waals surface area contributed by atoms with Crippen LogP contribution in [0.2, 0.25) is 5.02 Å². The monoisotopic (exact) mass is 392 g/mol. The number of rotatable bonds is 6. The molecule has 1 aliphatic heterocycles. The second kappa shape index (κ2) is 8.94. The Kier molecular flexibility index (Phi) is 6.38. The Balaban J connectivity index is 1.47. The molecule has 2 heterocycles. The van der Waals surface area contributed by atoms with Crippen LogP contribution in [0.1, 0.15) is 5.89 Å². The van der Waals surface area contributed by atoms with Crippen LogP contribution in [0.5, 0.6) is 0 Å². The number of benzene rings is 1. The Morgan fingerprint density at radius 3 is 2.56 bits per heavy atom. The summed E-state index contributed by atoms with van der Waals surface area (Å²) in [6.45, 7) is 2.91. The van der Waals surface area contributed by atoms with Crippen LogP contribution in [0.25, 0.3) is 11.4 Å². The summed E-state index contributed by atoms with van der Waals surface area (Å²) in [5.74, 6) is 0.593. The van der Waals surface area contributed by atoms with Gasteiger partial charge in [-0.1, -0.05) is 16.8 Å². The van der Waals surface area contributed by atoms with Gasteiger partial charge in [0, 0.05) is 36.8 Å². The van der Waals surface area contributed by atoms with Crippen molar-refractivity contribution in [2.24, 2.45) is 5.73 Å². The quantitative estimate of drug-likeness (QED) is 0.716. The first-order chi connectivity index (χ1) is 13.0. The average Bonchev–Trinajstić information content (AvgIpc) is 3.15. The van der Waals surface area contributed by atoms with Gasteiger partial charge in [0.05, 0.1) is 19.6 Å². The van der Waals surface area contributed by atoms with Gasteiger partial charge in [-0.05, 0) is 24.3 Å². The lowest BCUT2D eigenvalue weighted by atomic mass is 10.2. The van der Waals surface area contributed by atoms with E-state index in [0.29, 0.717) is 49.5 Å². The van der Waals surface area contributed by atoms with Crippen LogP contribution in [0.4, 0.5) is 0 Å². The summed E-state index contributed by atoms with van der Waals surface area (Å²) in [4.78, 5) is 31.5. The van der Waals surface area contributed by atoms with Crippen molar-refractivity contribution >= 4 is 23.4 Å². The summed E-state index contributed by atoms with van der Waals surface area (Å²) in [6, 6.07) is 7.23. The van der Waals surface area contributed by atoms with Gasteiger partial charge in [-0.2, -0.15) is 4.98 Å². The third-order valence-electron chi connectivity index (χ3n) is 4.28. The number of hydrogen-bond donors (Lipinski definition) is 2. The van der Waals surface area contributed by atoms with Crippen LogP contribution in [0.3, 0.4) is 0 Å². The second-order valence-corrected chi connectivity index (χ2v) is 6.59. The number of carbonyl (C=O) groups excluding carboxylic acids is 2. The molecule has 3 N–H and O–H groups in total. The molecular weight excluding hydrogens is 372 g/mol. The van der Waals surface area contributed by atoms with Gasteiger partial charge in [-0.15, -0.1) is 0 Å². The largest absolute Gasteiger partial charge is 0.346 e. The van der Waals surface area contributed by atoms with Crippen LogP contribution in [0.15, 0.2) is 28.8 Å². The van der Waals surface area contributed by atoms with Gasteiger partial charge in [0.15, 0.2) is 0 Å². The Morgan fingerprint density at radius 1 is 1.19 bits per heavy atom. The van der Waals surface area contributed by atoms with Gasteiger partial charge in [0.2, 0.25) is 23.5 Å². The van der Waals surface area contributed by atoms with Crippen molar-refractivity contribution in [3.05, 3.63) is 35.2 Å². The summed E-state index contributed by atoms with van der Waals surface area (Å²) >= 11 is 5.88. The number of hydrogen-bond acceptors (Lipinski definition) is 7. The van der Waals surface area contributed by atoms with Crippen molar-refractivity contribution < 1.29 is 14.1 Å². The lowest BCUT2D eigenvalue weighted by Gasteiger charge is -2.34. The predicted molar refractivity (Wildman–Crippen MR) is 98.7 cm³/mol. The van der Waals surface area contributed by atoms with Crippen LogP contribution in [0, 0.1) is 0 Å². The zero-order valence-electron chi connectivity index (χ0n) is 14.7. The molecule has 1 aliphatic rings.